The maximum absolute atomic E-state index is 8.96. The summed E-state index contributed by atoms with van der Waals surface area (Å²) in [5.74, 6) is 2.67. The summed E-state index contributed by atoms with van der Waals surface area (Å²) in [6.45, 7) is 3.24. The average molecular weight is 250 g/mol. The van der Waals surface area contributed by atoms with Crippen LogP contribution in [0.5, 0.6) is 0 Å². The third kappa shape index (κ3) is 2.90. The molecule has 0 aromatic carbocycles. The highest BCUT2D eigenvalue weighted by Crippen LogP contribution is 2.27. The second kappa shape index (κ2) is 6.00. The van der Waals surface area contributed by atoms with Crippen LogP contribution in [0.15, 0.2) is 6.07 Å². The lowest BCUT2D eigenvalue weighted by Crippen LogP contribution is -2.30. The van der Waals surface area contributed by atoms with Gasteiger partial charge < -0.3 is 15.3 Å². The first-order valence-corrected chi connectivity index (χ1v) is 6.65. The topological polar surface area (TPSA) is 61.3 Å². The van der Waals surface area contributed by atoms with E-state index in [4.69, 9.17) is 5.11 Å². The Balaban J connectivity index is 2.16. The fourth-order valence-corrected chi connectivity index (χ4v) is 2.59. The van der Waals surface area contributed by atoms with E-state index in [9.17, 15) is 0 Å². The van der Waals surface area contributed by atoms with Crippen molar-refractivity contribution in [2.75, 3.05) is 30.4 Å². The molecule has 2 rings (SSSR count). The summed E-state index contributed by atoms with van der Waals surface area (Å²) in [7, 11) is 1.87. The highest BCUT2D eigenvalue weighted by molar-refractivity contribution is 5.50. The van der Waals surface area contributed by atoms with Crippen LogP contribution in [0.3, 0.4) is 0 Å². The maximum Gasteiger partial charge on any atom is 0.134 e. The van der Waals surface area contributed by atoms with E-state index in [1.54, 1.807) is 0 Å². The Hall–Kier alpha value is -1.36. The molecule has 0 spiro atoms. The summed E-state index contributed by atoms with van der Waals surface area (Å²) in [6.07, 6.45) is 4.30. The molecule has 2 heterocycles. The second-order valence-electron chi connectivity index (χ2n) is 4.76. The zero-order valence-corrected chi connectivity index (χ0v) is 11.2. The van der Waals surface area contributed by atoms with Crippen LogP contribution >= 0.6 is 0 Å². The van der Waals surface area contributed by atoms with Gasteiger partial charge >= 0.3 is 0 Å². The molecular weight excluding hydrogens is 228 g/mol. The lowest BCUT2D eigenvalue weighted by atomic mass is 10.1. The molecule has 1 aromatic heterocycles. The number of aliphatic hydroxyl groups excluding tert-OH is 1. The predicted octanol–water partition coefficient (Wildman–Crippen LogP) is 1.57. The van der Waals surface area contributed by atoms with Gasteiger partial charge in [0, 0.05) is 32.3 Å². The zero-order valence-electron chi connectivity index (χ0n) is 11.2. The van der Waals surface area contributed by atoms with Crippen LogP contribution < -0.4 is 10.2 Å². The smallest absolute Gasteiger partial charge is 0.134 e. The van der Waals surface area contributed by atoms with Gasteiger partial charge in [0.15, 0.2) is 0 Å². The van der Waals surface area contributed by atoms with Gasteiger partial charge in [0.1, 0.15) is 17.5 Å². The van der Waals surface area contributed by atoms with Gasteiger partial charge in [-0.05, 0) is 32.6 Å². The van der Waals surface area contributed by atoms with Crippen molar-refractivity contribution < 1.29 is 5.11 Å². The predicted molar refractivity (Wildman–Crippen MR) is 73.0 cm³/mol. The van der Waals surface area contributed by atoms with Crippen LogP contribution in [0.4, 0.5) is 11.6 Å². The van der Waals surface area contributed by atoms with E-state index in [1.807, 2.05) is 20.0 Å². The zero-order chi connectivity index (χ0) is 13.0. The lowest BCUT2D eigenvalue weighted by molar-refractivity contribution is 0.279. The Morgan fingerprint density at radius 2 is 2.33 bits per heavy atom. The molecule has 1 unspecified atom stereocenters. The van der Waals surface area contributed by atoms with Crippen molar-refractivity contribution in [1.29, 1.82) is 0 Å². The van der Waals surface area contributed by atoms with Crippen LogP contribution in [0.2, 0.25) is 0 Å². The Bertz CT molecular complexity index is 397. The monoisotopic (exact) mass is 250 g/mol. The van der Waals surface area contributed by atoms with E-state index in [0.717, 1.165) is 36.8 Å². The SMILES string of the molecule is CNc1cc(N2CCCC2CCCO)nc(C)n1. The Morgan fingerprint density at radius 3 is 3.06 bits per heavy atom. The van der Waals surface area contributed by atoms with E-state index in [2.05, 4.69) is 20.2 Å². The van der Waals surface area contributed by atoms with Crippen LogP contribution in [-0.2, 0) is 0 Å². The standard InChI is InChI=1S/C13H22N4O/c1-10-15-12(14-2)9-13(16-10)17-7-3-5-11(17)6-4-8-18/h9,11,18H,3-8H2,1-2H3,(H,14,15,16). The number of anilines is 2. The maximum atomic E-state index is 8.96. The summed E-state index contributed by atoms with van der Waals surface area (Å²) >= 11 is 0. The number of aryl methyl sites for hydroxylation is 1. The molecule has 5 nitrogen and oxygen atoms in total. The Kier molecular flexibility index (Phi) is 4.36. The second-order valence-corrected chi connectivity index (χ2v) is 4.76. The molecule has 0 amide bonds. The molecule has 0 bridgehead atoms. The number of hydrogen-bond donors (Lipinski definition) is 2. The lowest BCUT2D eigenvalue weighted by Gasteiger charge is -2.26. The van der Waals surface area contributed by atoms with Gasteiger partial charge in [-0.1, -0.05) is 0 Å². The molecule has 1 aliphatic rings. The van der Waals surface area contributed by atoms with Crippen molar-refractivity contribution in [1.82, 2.24) is 9.97 Å². The van der Waals surface area contributed by atoms with Crippen molar-refractivity contribution in [3.8, 4) is 0 Å². The summed E-state index contributed by atoms with van der Waals surface area (Å²) in [5.41, 5.74) is 0. The van der Waals surface area contributed by atoms with Gasteiger partial charge in [-0.3, -0.25) is 0 Å². The van der Waals surface area contributed by atoms with E-state index in [1.165, 1.54) is 12.8 Å². The summed E-state index contributed by atoms with van der Waals surface area (Å²) in [6, 6.07) is 2.51. The molecule has 2 N–H and O–H groups in total. The fourth-order valence-electron chi connectivity index (χ4n) is 2.59. The highest BCUT2D eigenvalue weighted by atomic mass is 16.2. The third-order valence-corrected chi connectivity index (χ3v) is 3.45. The van der Waals surface area contributed by atoms with Crippen LogP contribution in [0.1, 0.15) is 31.5 Å². The number of nitrogens with zero attached hydrogens (tertiary/aromatic N) is 3. The van der Waals surface area contributed by atoms with Crippen molar-refractivity contribution in [3.05, 3.63) is 11.9 Å². The molecule has 1 aliphatic heterocycles. The van der Waals surface area contributed by atoms with Gasteiger partial charge in [-0.2, -0.15) is 0 Å². The Morgan fingerprint density at radius 1 is 1.50 bits per heavy atom. The molecular formula is C13H22N4O. The first-order valence-electron chi connectivity index (χ1n) is 6.65. The van der Waals surface area contributed by atoms with Crippen molar-refractivity contribution in [3.63, 3.8) is 0 Å². The minimum absolute atomic E-state index is 0.273. The number of rotatable bonds is 5. The van der Waals surface area contributed by atoms with E-state index in [0.29, 0.717) is 6.04 Å². The van der Waals surface area contributed by atoms with Crippen molar-refractivity contribution >= 4 is 11.6 Å². The largest absolute Gasteiger partial charge is 0.396 e. The van der Waals surface area contributed by atoms with Crippen LogP contribution in [0.25, 0.3) is 0 Å². The fraction of sp³-hybridized carbons (Fsp3) is 0.692. The molecule has 0 saturated carbocycles. The van der Waals surface area contributed by atoms with E-state index >= 15 is 0 Å². The minimum atomic E-state index is 0.273. The summed E-state index contributed by atoms with van der Waals surface area (Å²) in [5, 5.41) is 12.0. The quantitative estimate of drug-likeness (QED) is 0.830. The number of aliphatic hydroxyl groups is 1. The van der Waals surface area contributed by atoms with Crippen molar-refractivity contribution in [2.24, 2.45) is 0 Å². The molecule has 100 valence electrons. The molecule has 1 atom stereocenters. The molecule has 1 aromatic rings. The Labute approximate surface area is 108 Å². The molecule has 0 aliphatic carbocycles. The number of aromatic nitrogens is 2. The van der Waals surface area contributed by atoms with Gasteiger partial charge in [-0.25, -0.2) is 9.97 Å². The number of hydrogen-bond acceptors (Lipinski definition) is 5. The molecule has 1 saturated heterocycles. The summed E-state index contributed by atoms with van der Waals surface area (Å²) < 4.78 is 0. The molecule has 0 radical (unpaired) electrons. The van der Waals surface area contributed by atoms with Gasteiger partial charge in [0.25, 0.3) is 0 Å². The first-order chi connectivity index (χ1) is 8.74. The molecule has 18 heavy (non-hydrogen) atoms. The first kappa shape index (κ1) is 13.1. The van der Waals surface area contributed by atoms with Crippen LogP contribution in [-0.4, -0.2) is 41.3 Å². The van der Waals surface area contributed by atoms with E-state index < -0.39 is 0 Å². The van der Waals surface area contributed by atoms with Gasteiger partial charge in [0.05, 0.1) is 0 Å². The third-order valence-electron chi connectivity index (χ3n) is 3.45. The average Bonchev–Trinajstić information content (AvgIpc) is 2.83. The van der Waals surface area contributed by atoms with Crippen LogP contribution in [0, 0.1) is 6.92 Å². The molecule has 5 heteroatoms. The normalized spacial score (nSPS) is 19.3. The molecule has 1 fully saturated rings. The highest BCUT2D eigenvalue weighted by Gasteiger charge is 2.25. The van der Waals surface area contributed by atoms with Gasteiger partial charge in [-0.15, -0.1) is 0 Å². The summed E-state index contributed by atoms with van der Waals surface area (Å²) in [4.78, 5) is 11.2. The van der Waals surface area contributed by atoms with Gasteiger partial charge in [0.2, 0.25) is 0 Å². The van der Waals surface area contributed by atoms with E-state index in [-0.39, 0.29) is 6.61 Å². The number of nitrogens with one attached hydrogen (secondary N) is 1. The minimum Gasteiger partial charge on any atom is -0.396 e. The van der Waals surface area contributed by atoms with Crippen molar-refractivity contribution in [2.45, 2.75) is 38.6 Å².